The van der Waals surface area contributed by atoms with Gasteiger partial charge in [0.25, 0.3) is 0 Å². The second-order valence-electron chi connectivity index (χ2n) is 2.86. The summed E-state index contributed by atoms with van der Waals surface area (Å²) in [4.78, 5) is 4.01. The monoisotopic (exact) mass is 184 g/mol. The van der Waals surface area contributed by atoms with Crippen LogP contribution in [0.25, 0.3) is 0 Å². The van der Waals surface area contributed by atoms with Gasteiger partial charge in [0.05, 0.1) is 0 Å². The van der Waals surface area contributed by atoms with Crippen LogP contribution in [0.2, 0.25) is 5.15 Å². The van der Waals surface area contributed by atoms with Gasteiger partial charge in [-0.05, 0) is 30.5 Å². The molecule has 2 nitrogen and oxygen atoms in total. The molecule has 0 aromatic carbocycles. The third kappa shape index (κ3) is 2.19. The third-order valence-corrected chi connectivity index (χ3v) is 2.23. The molecule has 3 heteroatoms. The molecule has 1 unspecified atom stereocenters. The highest BCUT2D eigenvalue weighted by atomic mass is 35.5. The largest absolute Gasteiger partial charge is 0.330 e. The normalized spacial score (nSPS) is 12.9. The van der Waals surface area contributed by atoms with Gasteiger partial charge >= 0.3 is 0 Å². The SMILES string of the molecule is CC(CCN)c1cccnc1Cl. The first kappa shape index (κ1) is 9.49. The Bertz CT molecular complexity index is 250. The van der Waals surface area contributed by atoms with E-state index in [4.69, 9.17) is 17.3 Å². The van der Waals surface area contributed by atoms with E-state index in [2.05, 4.69) is 11.9 Å². The quantitative estimate of drug-likeness (QED) is 0.732. The molecule has 0 aliphatic carbocycles. The summed E-state index contributed by atoms with van der Waals surface area (Å²) >= 11 is 5.90. The molecule has 2 N–H and O–H groups in total. The minimum Gasteiger partial charge on any atom is -0.330 e. The van der Waals surface area contributed by atoms with Crippen molar-refractivity contribution in [2.24, 2.45) is 5.73 Å². The first-order valence-electron chi connectivity index (χ1n) is 4.06. The van der Waals surface area contributed by atoms with E-state index in [0.29, 0.717) is 17.6 Å². The van der Waals surface area contributed by atoms with Gasteiger partial charge in [0.15, 0.2) is 0 Å². The lowest BCUT2D eigenvalue weighted by molar-refractivity contribution is 0.687. The van der Waals surface area contributed by atoms with Gasteiger partial charge in [0, 0.05) is 6.20 Å². The fourth-order valence-electron chi connectivity index (χ4n) is 1.17. The number of rotatable bonds is 3. The number of nitrogens with zero attached hydrogens (tertiary/aromatic N) is 1. The van der Waals surface area contributed by atoms with Gasteiger partial charge in [-0.25, -0.2) is 4.98 Å². The molecule has 0 bridgehead atoms. The van der Waals surface area contributed by atoms with E-state index in [9.17, 15) is 0 Å². The van der Waals surface area contributed by atoms with Gasteiger partial charge in [0.1, 0.15) is 5.15 Å². The Morgan fingerprint density at radius 1 is 1.67 bits per heavy atom. The number of pyridine rings is 1. The Hall–Kier alpha value is -0.600. The highest BCUT2D eigenvalue weighted by molar-refractivity contribution is 6.30. The standard InChI is InChI=1S/C9H13ClN2/c1-7(4-5-11)8-3-2-6-12-9(8)10/h2-3,6-7H,4-5,11H2,1H3. The summed E-state index contributed by atoms with van der Waals surface area (Å²) in [5.74, 6) is 0.399. The van der Waals surface area contributed by atoms with Crippen molar-refractivity contribution < 1.29 is 0 Å². The molecule has 0 radical (unpaired) electrons. The van der Waals surface area contributed by atoms with Crippen LogP contribution in [0, 0.1) is 0 Å². The summed E-state index contributed by atoms with van der Waals surface area (Å²) in [6.07, 6.45) is 2.65. The summed E-state index contributed by atoms with van der Waals surface area (Å²) < 4.78 is 0. The smallest absolute Gasteiger partial charge is 0.132 e. The minimum atomic E-state index is 0.399. The molecule has 0 saturated heterocycles. The fourth-order valence-corrected chi connectivity index (χ4v) is 1.48. The Morgan fingerprint density at radius 3 is 3.00 bits per heavy atom. The lowest BCUT2D eigenvalue weighted by atomic mass is 10.00. The van der Waals surface area contributed by atoms with Gasteiger partial charge in [-0.15, -0.1) is 0 Å². The average molecular weight is 185 g/mol. The van der Waals surface area contributed by atoms with Crippen LogP contribution in [0.15, 0.2) is 18.3 Å². The highest BCUT2D eigenvalue weighted by Gasteiger charge is 2.08. The van der Waals surface area contributed by atoms with Gasteiger partial charge < -0.3 is 5.73 Å². The zero-order valence-electron chi connectivity index (χ0n) is 7.13. The molecule has 0 aliphatic heterocycles. The van der Waals surface area contributed by atoms with E-state index in [0.717, 1.165) is 12.0 Å². The van der Waals surface area contributed by atoms with Crippen molar-refractivity contribution in [3.63, 3.8) is 0 Å². The van der Waals surface area contributed by atoms with Gasteiger partial charge in [-0.1, -0.05) is 24.6 Å². The molecule has 0 fully saturated rings. The molecule has 0 spiro atoms. The van der Waals surface area contributed by atoms with Crippen molar-refractivity contribution in [2.75, 3.05) is 6.54 Å². The maximum Gasteiger partial charge on any atom is 0.132 e. The van der Waals surface area contributed by atoms with E-state index in [-0.39, 0.29) is 0 Å². The second-order valence-corrected chi connectivity index (χ2v) is 3.22. The molecule has 66 valence electrons. The summed E-state index contributed by atoms with van der Waals surface area (Å²) in [6.45, 7) is 2.79. The van der Waals surface area contributed by atoms with Crippen molar-refractivity contribution in [1.29, 1.82) is 0 Å². The molecule has 1 heterocycles. The van der Waals surface area contributed by atoms with Crippen LogP contribution in [0.1, 0.15) is 24.8 Å². The number of hydrogen-bond donors (Lipinski definition) is 1. The molecule has 0 aliphatic rings. The predicted octanol–water partition coefficient (Wildman–Crippen LogP) is 2.19. The Balaban J connectivity index is 2.79. The maximum atomic E-state index is 5.90. The average Bonchev–Trinajstić information content (AvgIpc) is 2.05. The molecule has 1 rings (SSSR count). The van der Waals surface area contributed by atoms with Crippen molar-refractivity contribution in [2.45, 2.75) is 19.3 Å². The number of hydrogen-bond acceptors (Lipinski definition) is 2. The molecular formula is C9H13ClN2. The topological polar surface area (TPSA) is 38.9 Å². The zero-order chi connectivity index (χ0) is 8.97. The molecule has 12 heavy (non-hydrogen) atoms. The summed E-state index contributed by atoms with van der Waals surface area (Å²) in [7, 11) is 0. The fraction of sp³-hybridized carbons (Fsp3) is 0.444. The Kier molecular flexibility index (Phi) is 3.50. The molecule has 1 atom stereocenters. The zero-order valence-corrected chi connectivity index (χ0v) is 7.88. The van der Waals surface area contributed by atoms with E-state index >= 15 is 0 Å². The first-order valence-corrected chi connectivity index (χ1v) is 4.44. The van der Waals surface area contributed by atoms with Crippen LogP contribution in [-0.2, 0) is 0 Å². The Labute approximate surface area is 77.8 Å². The summed E-state index contributed by atoms with van der Waals surface area (Å²) in [5.41, 5.74) is 6.54. The third-order valence-electron chi connectivity index (χ3n) is 1.92. The molecule has 0 amide bonds. The van der Waals surface area contributed by atoms with Gasteiger partial charge in [-0.2, -0.15) is 0 Å². The number of halogens is 1. The summed E-state index contributed by atoms with van der Waals surface area (Å²) in [5, 5.41) is 0.596. The number of nitrogens with two attached hydrogens (primary N) is 1. The lowest BCUT2D eigenvalue weighted by Gasteiger charge is -2.10. The van der Waals surface area contributed by atoms with E-state index in [1.54, 1.807) is 6.20 Å². The molecule has 1 aromatic rings. The maximum absolute atomic E-state index is 5.90. The second kappa shape index (κ2) is 4.43. The molecule has 1 aromatic heterocycles. The van der Waals surface area contributed by atoms with E-state index < -0.39 is 0 Å². The van der Waals surface area contributed by atoms with E-state index in [1.807, 2.05) is 12.1 Å². The van der Waals surface area contributed by atoms with Crippen LogP contribution in [-0.4, -0.2) is 11.5 Å². The van der Waals surface area contributed by atoms with E-state index in [1.165, 1.54) is 0 Å². The molecular weight excluding hydrogens is 172 g/mol. The van der Waals surface area contributed by atoms with Crippen LogP contribution in [0.5, 0.6) is 0 Å². The number of aromatic nitrogens is 1. The Morgan fingerprint density at radius 2 is 2.42 bits per heavy atom. The van der Waals surface area contributed by atoms with Crippen LogP contribution < -0.4 is 5.73 Å². The van der Waals surface area contributed by atoms with Crippen LogP contribution in [0.3, 0.4) is 0 Å². The lowest BCUT2D eigenvalue weighted by Crippen LogP contribution is -2.05. The van der Waals surface area contributed by atoms with Crippen molar-refractivity contribution >= 4 is 11.6 Å². The van der Waals surface area contributed by atoms with Gasteiger partial charge in [0.2, 0.25) is 0 Å². The van der Waals surface area contributed by atoms with Crippen LogP contribution in [0.4, 0.5) is 0 Å². The summed E-state index contributed by atoms with van der Waals surface area (Å²) in [6, 6.07) is 3.89. The minimum absolute atomic E-state index is 0.399. The molecule has 0 saturated carbocycles. The van der Waals surface area contributed by atoms with Crippen molar-refractivity contribution in [3.8, 4) is 0 Å². The van der Waals surface area contributed by atoms with Gasteiger partial charge in [-0.3, -0.25) is 0 Å². The van der Waals surface area contributed by atoms with Crippen molar-refractivity contribution in [1.82, 2.24) is 4.98 Å². The van der Waals surface area contributed by atoms with Crippen LogP contribution >= 0.6 is 11.6 Å². The first-order chi connectivity index (χ1) is 5.75. The highest BCUT2D eigenvalue weighted by Crippen LogP contribution is 2.23. The van der Waals surface area contributed by atoms with Crippen molar-refractivity contribution in [3.05, 3.63) is 29.0 Å². The predicted molar refractivity (Wildman–Crippen MR) is 51.3 cm³/mol.